The first-order valence-corrected chi connectivity index (χ1v) is 13.8. The summed E-state index contributed by atoms with van der Waals surface area (Å²) in [5.74, 6) is 0.129. The molecule has 0 saturated heterocycles. The second-order valence-electron chi connectivity index (χ2n) is 9.04. The van der Waals surface area contributed by atoms with Crippen molar-refractivity contribution < 1.29 is 19.1 Å². The number of nitrogens with zero attached hydrogens (tertiary/aromatic N) is 2. The summed E-state index contributed by atoms with van der Waals surface area (Å²) >= 11 is 1.66. The van der Waals surface area contributed by atoms with Crippen molar-refractivity contribution >= 4 is 23.6 Å². The molecule has 0 unspecified atom stereocenters. The van der Waals surface area contributed by atoms with Gasteiger partial charge in [-0.25, -0.2) is 0 Å². The number of ether oxygens (including phenoxy) is 2. The fraction of sp³-hybridized carbons (Fsp3) is 0.500. The number of likely N-dealkylation sites (N-methyl/N-ethyl adjacent to an activating group) is 1. The van der Waals surface area contributed by atoms with Crippen LogP contribution in [0.5, 0.6) is 11.5 Å². The Morgan fingerprint density at radius 2 is 1.64 bits per heavy atom. The van der Waals surface area contributed by atoms with Crippen molar-refractivity contribution in [3.8, 4) is 11.5 Å². The molecule has 8 heteroatoms. The van der Waals surface area contributed by atoms with Crippen molar-refractivity contribution in [2.75, 3.05) is 53.7 Å². The molecule has 2 amide bonds. The zero-order chi connectivity index (χ0) is 26.2. The van der Waals surface area contributed by atoms with Crippen LogP contribution in [0, 0.1) is 0 Å². The molecule has 0 aliphatic carbocycles. The Morgan fingerprint density at radius 1 is 1.03 bits per heavy atom. The summed E-state index contributed by atoms with van der Waals surface area (Å²) < 4.78 is 11.0. The lowest BCUT2D eigenvalue weighted by Gasteiger charge is -2.40. The molecule has 3 rings (SSSR count). The number of carbonyl (C=O) groups excluding carboxylic acids is 2. The lowest BCUT2D eigenvalue weighted by Crippen LogP contribution is -2.46. The van der Waals surface area contributed by atoms with Crippen molar-refractivity contribution in [3.63, 3.8) is 0 Å². The van der Waals surface area contributed by atoms with Gasteiger partial charge in [-0.15, -0.1) is 11.8 Å². The fourth-order valence-electron chi connectivity index (χ4n) is 4.96. The van der Waals surface area contributed by atoms with Gasteiger partial charge in [0.15, 0.2) is 11.5 Å². The first-order chi connectivity index (χ1) is 17.4. The van der Waals surface area contributed by atoms with Crippen LogP contribution in [-0.2, 0) is 4.79 Å². The summed E-state index contributed by atoms with van der Waals surface area (Å²) in [6, 6.07) is 11.1. The molecule has 7 nitrogen and oxygen atoms in total. The fourth-order valence-corrected chi connectivity index (χ4v) is 5.37. The minimum atomic E-state index is -0.589. The van der Waals surface area contributed by atoms with Gasteiger partial charge in [-0.1, -0.05) is 26.0 Å². The summed E-state index contributed by atoms with van der Waals surface area (Å²) in [6.45, 7) is 7.70. The second-order valence-corrected chi connectivity index (χ2v) is 9.92. The quantitative estimate of drug-likeness (QED) is 0.419. The van der Waals surface area contributed by atoms with E-state index in [0.717, 1.165) is 42.9 Å². The number of fused-ring (bicyclic) bond motifs is 1. The molecule has 0 fully saturated rings. The minimum absolute atomic E-state index is 0.102. The van der Waals surface area contributed by atoms with Crippen molar-refractivity contribution in [1.82, 2.24) is 15.1 Å². The minimum Gasteiger partial charge on any atom is -0.493 e. The predicted molar refractivity (Wildman–Crippen MR) is 145 cm³/mol. The van der Waals surface area contributed by atoms with Gasteiger partial charge in [-0.2, -0.15) is 0 Å². The van der Waals surface area contributed by atoms with E-state index in [1.54, 1.807) is 50.1 Å². The lowest BCUT2D eigenvalue weighted by molar-refractivity contribution is -0.124. The first-order valence-electron chi connectivity index (χ1n) is 12.6. The van der Waals surface area contributed by atoms with E-state index in [2.05, 4.69) is 24.1 Å². The molecule has 196 valence electrons. The topological polar surface area (TPSA) is 71.1 Å². The number of carbonyl (C=O) groups is 2. The molecule has 2 aromatic rings. The Kier molecular flexibility index (Phi) is 10.1. The van der Waals surface area contributed by atoms with Crippen LogP contribution in [0.15, 0.2) is 41.3 Å². The smallest absolute Gasteiger partial charge is 0.254 e. The van der Waals surface area contributed by atoms with Crippen LogP contribution in [0.3, 0.4) is 0 Å². The van der Waals surface area contributed by atoms with Crippen LogP contribution in [0.25, 0.3) is 0 Å². The molecule has 0 radical (unpaired) electrons. The summed E-state index contributed by atoms with van der Waals surface area (Å²) in [6.07, 6.45) is 4.18. The van der Waals surface area contributed by atoms with E-state index in [1.165, 1.54) is 0 Å². The molecule has 0 bridgehead atoms. The Bertz CT molecular complexity index is 1040. The van der Waals surface area contributed by atoms with Gasteiger partial charge in [-0.3, -0.25) is 9.59 Å². The molecule has 0 spiro atoms. The maximum Gasteiger partial charge on any atom is 0.254 e. The third kappa shape index (κ3) is 5.98. The van der Waals surface area contributed by atoms with Crippen LogP contribution < -0.4 is 14.8 Å². The maximum absolute atomic E-state index is 13.8. The molecular formula is C28H39N3O4S. The predicted octanol–water partition coefficient (Wildman–Crippen LogP) is 4.57. The van der Waals surface area contributed by atoms with Crippen molar-refractivity contribution in [2.24, 2.45) is 0 Å². The molecule has 0 aromatic heterocycles. The highest BCUT2D eigenvalue weighted by Gasteiger charge is 2.43. The Labute approximate surface area is 219 Å². The summed E-state index contributed by atoms with van der Waals surface area (Å²) in [7, 11) is 4.87. The Morgan fingerprint density at radius 3 is 2.19 bits per heavy atom. The third-order valence-corrected chi connectivity index (χ3v) is 7.46. The standard InChI is InChI=1S/C28H39N3O4S/c1-7-14-31(15-8-2)16-13-29-27(32)25-21-17-23(34-4)24(35-5)18-22(21)28(33)30(3)26(25)19-9-11-20(36-6)12-10-19/h9-12,17-18,25-26H,7-8,13-16H2,1-6H3,(H,29,32)/t25-,26+/m0/s1. The van der Waals surface area contributed by atoms with Crippen molar-refractivity contribution in [2.45, 2.75) is 43.5 Å². The number of methoxy groups -OCH3 is 2. The van der Waals surface area contributed by atoms with Crippen LogP contribution >= 0.6 is 11.8 Å². The molecule has 1 heterocycles. The highest BCUT2D eigenvalue weighted by atomic mass is 32.2. The van der Waals surface area contributed by atoms with Crippen LogP contribution in [0.2, 0.25) is 0 Å². The molecule has 0 saturated carbocycles. The normalized spacial score (nSPS) is 17.2. The van der Waals surface area contributed by atoms with E-state index in [4.69, 9.17) is 9.47 Å². The zero-order valence-corrected chi connectivity index (χ0v) is 23.1. The van der Waals surface area contributed by atoms with Gasteiger partial charge in [0.25, 0.3) is 5.91 Å². The molecular weight excluding hydrogens is 474 g/mol. The molecule has 1 aliphatic heterocycles. The van der Waals surface area contributed by atoms with Crippen LogP contribution in [-0.4, -0.2) is 75.3 Å². The van der Waals surface area contributed by atoms with E-state index >= 15 is 0 Å². The van der Waals surface area contributed by atoms with Gasteiger partial charge in [0, 0.05) is 30.6 Å². The molecule has 1 N–H and O–H groups in total. The van der Waals surface area contributed by atoms with E-state index < -0.39 is 12.0 Å². The average molecular weight is 514 g/mol. The zero-order valence-electron chi connectivity index (χ0n) is 22.3. The Hall–Kier alpha value is -2.71. The van der Waals surface area contributed by atoms with E-state index in [0.29, 0.717) is 29.2 Å². The van der Waals surface area contributed by atoms with Gasteiger partial charge in [0.2, 0.25) is 5.91 Å². The van der Waals surface area contributed by atoms with Gasteiger partial charge in [0.1, 0.15) is 0 Å². The molecule has 2 atom stereocenters. The third-order valence-electron chi connectivity index (χ3n) is 6.72. The number of hydrogen-bond donors (Lipinski definition) is 1. The molecule has 1 aliphatic rings. The lowest BCUT2D eigenvalue weighted by atomic mass is 9.79. The maximum atomic E-state index is 13.8. The number of rotatable bonds is 12. The highest BCUT2D eigenvalue weighted by Crippen LogP contribution is 2.45. The van der Waals surface area contributed by atoms with E-state index in [9.17, 15) is 9.59 Å². The van der Waals surface area contributed by atoms with Crippen LogP contribution in [0.1, 0.15) is 60.1 Å². The number of amides is 2. The number of thioether (sulfide) groups is 1. The van der Waals surface area contributed by atoms with Crippen molar-refractivity contribution in [1.29, 1.82) is 0 Å². The SMILES string of the molecule is CCCN(CCC)CCNC(=O)[C@H]1c2cc(OC)c(OC)cc2C(=O)N(C)[C@@H]1c1ccc(SC)cc1. The summed E-state index contributed by atoms with van der Waals surface area (Å²) in [5, 5.41) is 3.17. The van der Waals surface area contributed by atoms with Crippen LogP contribution in [0.4, 0.5) is 0 Å². The Balaban J connectivity index is 2.01. The van der Waals surface area contributed by atoms with E-state index in [-0.39, 0.29) is 11.8 Å². The second kappa shape index (κ2) is 13.0. The van der Waals surface area contributed by atoms with Gasteiger partial charge < -0.3 is 24.6 Å². The monoisotopic (exact) mass is 513 g/mol. The van der Waals surface area contributed by atoms with Gasteiger partial charge >= 0.3 is 0 Å². The number of nitrogens with one attached hydrogen (secondary N) is 1. The molecule has 2 aromatic carbocycles. The van der Waals surface area contributed by atoms with Crippen molar-refractivity contribution in [3.05, 3.63) is 53.1 Å². The number of benzene rings is 2. The largest absolute Gasteiger partial charge is 0.493 e. The average Bonchev–Trinajstić information content (AvgIpc) is 2.90. The van der Waals surface area contributed by atoms with Gasteiger partial charge in [0.05, 0.1) is 26.2 Å². The summed E-state index contributed by atoms with van der Waals surface area (Å²) in [4.78, 5) is 32.5. The van der Waals surface area contributed by atoms with Gasteiger partial charge in [-0.05, 0) is 67.6 Å². The summed E-state index contributed by atoms with van der Waals surface area (Å²) in [5.41, 5.74) is 2.04. The van der Waals surface area contributed by atoms with E-state index in [1.807, 2.05) is 30.5 Å². The molecule has 36 heavy (non-hydrogen) atoms. The number of hydrogen-bond acceptors (Lipinski definition) is 6. The first kappa shape index (κ1) is 27.9. The highest BCUT2D eigenvalue weighted by molar-refractivity contribution is 7.98.